The second-order valence-corrected chi connectivity index (χ2v) is 11.9. The molecule has 0 saturated carbocycles. The van der Waals surface area contributed by atoms with Gasteiger partial charge in [0.1, 0.15) is 0 Å². The predicted octanol–water partition coefficient (Wildman–Crippen LogP) is 3.01. The lowest BCUT2D eigenvalue weighted by molar-refractivity contribution is 0.138. The fraction of sp³-hybridized carbons (Fsp3) is 0.818. The van der Waals surface area contributed by atoms with Crippen molar-refractivity contribution >= 4 is 16.9 Å². The van der Waals surface area contributed by atoms with Crippen LogP contribution in [0.3, 0.4) is 0 Å². The summed E-state index contributed by atoms with van der Waals surface area (Å²) < 4.78 is 16.2. The van der Waals surface area contributed by atoms with Gasteiger partial charge < -0.3 is 13.3 Å². The molecule has 0 aliphatic carbocycles. The SMILES string of the molecule is CC[Si](/C=C/[Si](OC)(OC)OC)(CC)CC. The van der Waals surface area contributed by atoms with Gasteiger partial charge in [-0.3, -0.25) is 0 Å². The van der Waals surface area contributed by atoms with E-state index in [1.54, 1.807) is 21.3 Å². The van der Waals surface area contributed by atoms with Crippen molar-refractivity contribution in [2.45, 2.75) is 38.9 Å². The Bertz CT molecular complexity index is 173. The Morgan fingerprint density at radius 1 is 0.750 bits per heavy atom. The number of hydrogen-bond acceptors (Lipinski definition) is 3. The Labute approximate surface area is 102 Å². The maximum Gasteiger partial charge on any atom is 0.528 e. The third kappa shape index (κ3) is 3.82. The summed E-state index contributed by atoms with van der Waals surface area (Å²) in [5.41, 5.74) is 4.42. The summed E-state index contributed by atoms with van der Waals surface area (Å²) in [4.78, 5) is 0. The van der Waals surface area contributed by atoms with Crippen molar-refractivity contribution in [3.63, 3.8) is 0 Å². The highest BCUT2D eigenvalue weighted by Gasteiger charge is 2.36. The highest BCUT2D eigenvalue weighted by Crippen LogP contribution is 2.23. The van der Waals surface area contributed by atoms with Crippen molar-refractivity contribution in [3.8, 4) is 0 Å². The van der Waals surface area contributed by atoms with Crippen molar-refractivity contribution in [2.24, 2.45) is 0 Å². The fourth-order valence-electron chi connectivity index (χ4n) is 1.84. The van der Waals surface area contributed by atoms with Crippen LogP contribution >= 0.6 is 0 Å². The maximum atomic E-state index is 5.40. The van der Waals surface area contributed by atoms with Crippen LogP contribution in [0.1, 0.15) is 20.8 Å². The Kier molecular flexibility index (Phi) is 7.42. The average Bonchev–Trinajstić information content (AvgIpc) is 2.37. The first kappa shape index (κ1) is 16.1. The van der Waals surface area contributed by atoms with Gasteiger partial charge in [-0.15, -0.1) is 0 Å². The third-order valence-electron chi connectivity index (χ3n) is 3.61. The summed E-state index contributed by atoms with van der Waals surface area (Å²) in [5, 5.41) is 0. The first-order valence-corrected chi connectivity index (χ1v) is 10.4. The van der Waals surface area contributed by atoms with Gasteiger partial charge in [-0.1, -0.05) is 44.6 Å². The van der Waals surface area contributed by atoms with Crippen molar-refractivity contribution in [1.29, 1.82) is 0 Å². The van der Waals surface area contributed by atoms with Crippen molar-refractivity contribution in [3.05, 3.63) is 11.4 Å². The fourth-order valence-corrected chi connectivity index (χ4v) is 7.18. The van der Waals surface area contributed by atoms with Crippen LogP contribution in [0.15, 0.2) is 11.4 Å². The lowest BCUT2D eigenvalue weighted by Crippen LogP contribution is -2.42. The van der Waals surface area contributed by atoms with Gasteiger partial charge in [-0.05, 0) is 5.70 Å². The van der Waals surface area contributed by atoms with Gasteiger partial charge in [0.15, 0.2) is 0 Å². The standard InChI is InChI=1S/C11H26O3Si2/c1-7-15(8-2,9-3)10-11-16(12-4,13-5)14-6/h10-11H,7-9H2,1-6H3/b11-10+. The summed E-state index contributed by atoms with van der Waals surface area (Å²) in [5.74, 6) is 0. The Morgan fingerprint density at radius 3 is 1.38 bits per heavy atom. The van der Waals surface area contributed by atoms with Gasteiger partial charge in [0.05, 0.1) is 8.07 Å². The third-order valence-corrected chi connectivity index (χ3v) is 11.3. The van der Waals surface area contributed by atoms with E-state index in [2.05, 4.69) is 32.2 Å². The Hall–Kier alpha value is 0.0538. The second kappa shape index (κ2) is 7.39. The van der Waals surface area contributed by atoms with Gasteiger partial charge in [0.2, 0.25) is 0 Å². The van der Waals surface area contributed by atoms with Crippen LogP contribution in [-0.4, -0.2) is 38.2 Å². The van der Waals surface area contributed by atoms with Gasteiger partial charge in [0.25, 0.3) is 0 Å². The monoisotopic (exact) mass is 262 g/mol. The lowest BCUT2D eigenvalue weighted by Gasteiger charge is -2.26. The minimum absolute atomic E-state index is 1.26. The lowest BCUT2D eigenvalue weighted by atomic mass is 10.9. The van der Waals surface area contributed by atoms with E-state index in [1.807, 2.05) is 0 Å². The Morgan fingerprint density at radius 2 is 1.12 bits per heavy atom. The van der Waals surface area contributed by atoms with Crippen LogP contribution in [0.25, 0.3) is 0 Å². The zero-order chi connectivity index (χ0) is 12.7. The molecule has 0 N–H and O–H groups in total. The highest BCUT2D eigenvalue weighted by atomic mass is 28.4. The summed E-state index contributed by atoms with van der Waals surface area (Å²) in [6.45, 7) is 6.83. The number of hydrogen-bond donors (Lipinski definition) is 0. The molecule has 0 amide bonds. The largest absolute Gasteiger partial charge is 0.528 e. The molecule has 0 atom stereocenters. The quantitative estimate of drug-likeness (QED) is 0.629. The van der Waals surface area contributed by atoms with Crippen molar-refractivity contribution < 1.29 is 13.3 Å². The van der Waals surface area contributed by atoms with Crippen LogP contribution < -0.4 is 0 Å². The molecule has 0 heterocycles. The van der Waals surface area contributed by atoms with E-state index >= 15 is 0 Å². The molecule has 16 heavy (non-hydrogen) atoms. The summed E-state index contributed by atoms with van der Waals surface area (Å²) in [6, 6.07) is 3.79. The first-order valence-electron chi connectivity index (χ1n) is 5.93. The highest BCUT2D eigenvalue weighted by molar-refractivity contribution is 6.85. The molecule has 3 nitrogen and oxygen atoms in total. The van der Waals surface area contributed by atoms with E-state index in [4.69, 9.17) is 13.3 Å². The smallest absolute Gasteiger partial charge is 0.374 e. The predicted molar refractivity (Wildman–Crippen MR) is 73.1 cm³/mol. The molecule has 96 valence electrons. The van der Waals surface area contributed by atoms with E-state index in [1.165, 1.54) is 18.1 Å². The first-order chi connectivity index (χ1) is 7.57. The molecule has 5 heteroatoms. The van der Waals surface area contributed by atoms with Crippen molar-refractivity contribution in [1.82, 2.24) is 0 Å². The van der Waals surface area contributed by atoms with Gasteiger partial charge in [0, 0.05) is 21.3 Å². The van der Waals surface area contributed by atoms with Crippen LogP contribution in [0.4, 0.5) is 0 Å². The molecule has 0 unspecified atom stereocenters. The van der Waals surface area contributed by atoms with Crippen molar-refractivity contribution in [2.75, 3.05) is 21.3 Å². The van der Waals surface area contributed by atoms with E-state index in [9.17, 15) is 0 Å². The van der Waals surface area contributed by atoms with Crippen LogP contribution in [0, 0.1) is 0 Å². The van der Waals surface area contributed by atoms with Crippen LogP contribution in [0.5, 0.6) is 0 Å². The molecule has 0 aromatic heterocycles. The van der Waals surface area contributed by atoms with Gasteiger partial charge in [-0.2, -0.15) is 0 Å². The van der Waals surface area contributed by atoms with E-state index in [0.29, 0.717) is 0 Å². The molecule has 0 aliphatic heterocycles. The Balaban J connectivity index is 4.88. The molecular formula is C11H26O3Si2. The molecule has 0 spiro atoms. The van der Waals surface area contributed by atoms with E-state index in [-0.39, 0.29) is 0 Å². The molecule has 0 aromatic carbocycles. The topological polar surface area (TPSA) is 27.7 Å². The van der Waals surface area contributed by atoms with Gasteiger partial charge in [-0.25, -0.2) is 0 Å². The molecule has 0 aromatic rings. The molecule has 0 bridgehead atoms. The molecule has 0 aliphatic rings. The van der Waals surface area contributed by atoms with E-state index in [0.717, 1.165) is 0 Å². The molecule has 0 fully saturated rings. The zero-order valence-electron chi connectivity index (χ0n) is 11.5. The minimum atomic E-state index is -2.52. The number of rotatable bonds is 8. The van der Waals surface area contributed by atoms with Gasteiger partial charge >= 0.3 is 8.80 Å². The molecule has 0 saturated heterocycles. The minimum Gasteiger partial charge on any atom is -0.374 e. The molecule has 0 radical (unpaired) electrons. The zero-order valence-corrected chi connectivity index (χ0v) is 13.5. The van der Waals surface area contributed by atoms with Crippen LogP contribution in [0.2, 0.25) is 18.1 Å². The summed E-state index contributed by atoms with van der Waals surface area (Å²) in [7, 11) is 1.16. The summed E-state index contributed by atoms with van der Waals surface area (Å²) >= 11 is 0. The molecule has 0 rings (SSSR count). The molecular weight excluding hydrogens is 236 g/mol. The van der Waals surface area contributed by atoms with Crippen LogP contribution in [-0.2, 0) is 13.3 Å². The summed E-state index contributed by atoms with van der Waals surface area (Å²) in [6.07, 6.45) is 0. The average molecular weight is 262 g/mol. The maximum absolute atomic E-state index is 5.40. The van der Waals surface area contributed by atoms with E-state index < -0.39 is 16.9 Å². The normalized spacial score (nSPS) is 13.6. The second-order valence-electron chi connectivity index (χ2n) is 3.97.